The van der Waals surface area contributed by atoms with Gasteiger partial charge < -0.3 is 0 Å². The number of nitrogens with zero attached hydrogens (tertiary/aromatic N) is 3. The largest absolute Gasteiger partial charge is 0.237 e. The molecule has 0 N–H and O–H groups in total. The zero-order valence-electron chi connectivity index (χ0n) is 13.5. The minimum absolute atomic E-state index is 0.848. The maximum atomic E-state index is 4.43. The van der Waals surface area contributed by atoms with Gasteiger partial charge >= 0.3 is 0 Å². The second-order valence-corrected chi connectivity index (χ2v) is 5.39. The van der Waals surface area contributed by atoms with Gasteiger partial charge in [-0.25, -0.2) is 9.50 Å². The molecule has 24 heavy (non-hydrogen) atoms. The zero-order valence-corrected chi connectivity index (χ0v) is 13.5. The molecule has 3 rings (SSSR count). The quantitative estimate of drug-likeness (QED) is 0.517. The monoisotopic (exact) mass is 311 g/mol. The summed E-state index contributed by atoms with van der Waals surface area (Å²) in [6.07, 6.45) is 13.1. The van der Waals surface area contributed by atoms with Crippen molar-refractivity contribution in [3.63, 3.8) is 0 Å². The summed E-state index contributed by atoms with van der Waals surface area (Å²) in [6.45, 7) is 7.49. The summed E-state index contributed by atoms with van der Waals surface area (Å²) in [5.74, 6) is 0. The van der Waals surface area contributed by atoms with Gasteiger partial charge in [0, 0.05) is 11.8 Å². The third-order valence-electron chi connectivity index (χ3n) is 3.75. The lowest BCUT2D eigenvalue weighted by Gasteiger charge is -2.05. The molecule has 0 atom stereocenters. The summed E-state index contributed by atoms with van der Waals surface area (Å²) < 4.78 is 1.83. The first-order valence-corrected chi connectivity index (χ1v) is 7.80. The highest BCUT2D eigenvalue weighted by atomic mass is 15.2. The van der Waals surface area contributed by atoms with E-state index in [1.165, 1.54) is 10.9 Å². The van der Waals surface area contributed by atoms with Crippen LogP contribution in [0, 0.1) is 0 Å². The fourth-order valence-electron chi connectivity index (χ4n) is 2.62. The average molecular weight is 311 g/mol. The summed E-state index contributed by atoms with van der Waals surface area (Å²) in [4.78, 5) is 4.43. The lowest BCUT2D eigenvalue weighted by molar-refractivity contribution is 0.906. The third-order valence-corrected chi connectivity index (χ3v) is 3.75. The number of benzene rings is 1. The highest BCUT2D eigenvalue weighted by Gasteiger charge is 2.06. The number of hydrogen-bond acceptors (Lipinski definition) is 2. The van der Waals surface area contributed by atoms with Crippen molar-refractivity contribution < 1.29 is 0 Å². The molecule has 0 radical (unpaired) electrons. The summed E-state index contributed by atoms with van der Waals surface area (Å²) in [5, 5.41) is 4.21. The van der Waals surface area contributed by atoms with Crippen molar-refractivity contribution in [1.29, 1.82) is 0 Å². The minimum atomic E-state index is 0.848. The Kier molecular flexibility index (Phi) is 4.87. The van der Waals surface area contributed by atoms with Crippen LogP contribution in [-0.2, 0) is 0 Å². The molecule has 0 unspecified atom stereocenters. The molecule has 0 aliphatic heterocycles. The maximum Gasteiger partial charge on any atom is 0.192 e. The molecule has 1 aromatic carbocycles. The van der Waals surface area contributed by atoms with E-state index in [4.69, 9.17) is 0 Å². The Morgan fingerprint density at radius 2 is 1.92 bits per heavy atom. The summed E-state index contributed by atoms with van der Waals surface area (Å²) in [5.41, 5.74) is 5.46. The van der Waals surface area contributed by atoms with Gasteiger partial charge in [-0.15, -0.1) is 0 Å². The van der Waals surface area contributed by atoms with Crippen LogP contribution < -0.4 is 5.46 Å². The average Bonchev–Trinajstić information content (AvgIpc) is 3.09. The van der Waals surface area contributed by atoms with Gasteiger partial charge in [-0.1, -0.05) is 78.7 Å². The molecule has 0 fully saturated rings. The maximum absolute atomic E-state index is 4.43. The zero-order chi connectivity index (χ0) is 16.8. The van der Waals surface area contributed by atoms with Crippen molar-refractivity contribution in [2.75, 3.05) is 0 Å². The minimum Gasteiger partial charge on any atom is -0.237 e. The van der Waals surface area contributed by atoms with Crippen molar-refractivity contribution in [2.45, 2.75) is 0 Å². The molecular weight excluding hydrogens is 293 g/mol. The van der Waals surface area contributed by atoms with Gasteiger partial charge in [0.05, 0.1) is 11.2 Å². The van der Waals surface area contributed by atoms with Crippen LogP contribution in [0.4, 0.5) is 0 Å². The van der Waals surface area contributed by atoms with Crippen LogP contribution in [0.25, 0.3) is 16.8 Å². The number of aromatic nitrogens is 3. The van der Waals surface area contributed by atoms with E-state index in [2.05, 4.69) is 53.6 Å². The number of allylic oxidation sites excluding steroid dienone is 6. The van der Waals surface area contributed by atoms with Gasteiger partial charge in [0.2, 0.25) is 0 Å². The van der Waals surface area contributed by atoms with Crippen molar-refractivity contribution in [3.05, 3.63) is 97.9 Å². The molecule has 0 aliphatic rings. The Balaban J connectivity index is 1.87. The van der Waals surface area contributed by atoms with Gasteiger partial charge in [-0.2, -0.15) is 5.10 Å². The lowest BCUT2D eigenvalue weighted by Crippen LogP contribution is -2.15. The second kappa shape index (κ2) is 7.42. The highest BCUT2D eigenvalue weighted by molar-refractivity contribution is 6.61. The third kappa shape index (κ3) is 3.44. The Morgan fingerprint density at radius 1 is 1.08 bits per heavy atom. The smallest absolute Gasteiger partial charge is 0.192 e. The normalized spacial score (nSPS) is 11.8. The Morgan fingerprint density at radius 3 is 2.67 bits per heavy atom. The van der Waals surface area contributed by atoms with E-state index in [-0.39, 0.29) is 0 Å². The van der Waals surface area contributed by atoms with Crippen LogP contribution in [0.1, 0.15) is 0 Å². The van der Waals surface area contributed by atoms with E-state index in [1.807, 2.05) is 35.0 Å². The Bertz CT molecular complexity index is 917. The van der Waals surface area contributed by atoms with Crippen LogP contribution in [0.3, 0.4) is 0 Å². The molecule has 0 spiro atoms. The van der Waals surface area contributed by atoms with Crippen molar-refractivity contribution in [2.24, 2.45) is 0 Å². The van der Waals surface area contributed by atoms with E-state index in [0.29, 0.717) is 0 Å². The number of fused-ring (bicyclic) bond motifs is 1. The van der Waals surface area contributed by atoms with Crippen molar-refractivity contribution in [3.8, 4) is 11.3 Å². The van der Waals surface area contributed by atoms with Crippen LogP contribution >= 0.6 is 0 Å². The molecule has 3 aromatic rings. The van der Waals surface area contributed by atoms with Crippen molar-refractivity contribution in [1.82, 2.24) is 14.6 Å². The Hall–Kier alpha value is -3.14. The van der Waals surface area contributed by atoms with Crippen molar-refractivity contribution >= 4 is 18.3 Å². The summed E-state index contributed by atoms with van der Waals surface area (Å²) >= 11 is 0. The van der Waals surface area contributed by atoms with Gasteiger partial charge in [0.1, 0.15) is 6.33 Å². The first kappa shape index (κ1) is 15.7. The molecule has 0 aliphatic carbocycles. The SMILES string of the molecule is C=C/C=C\C(Bc1ccc(-c2ncnn3cccc23)cc1)=C/C=C. The molecule has 2 aromatic heterocycles. The molecule has 116 valence electrons. The standard InChI is InChI=1S/C20H18BN3/c1-3-5-8-17(7-4-2)21-18-12-10-16(11-13-18)20-19-9-6-14-24(19)23-15-22-20/h3-15,21H,1-2H2/b8-5-,17-7+. The molecule has 0 saturated heterocycles. The topological polar surface area (TPSA) is 30.2 Å². The van der Waals surface area contributed by atoms with Gasteiger partial charge in [-0.3, -0.25) is 0 Å². The lowest BCUT2D eigenvalue weighted by atomic mass is 9.63. The van der Waals surface area contributed by atoms with Gasteiger partial charge in [0.15, 0.2) is 7.28 Å². The Labute approximate surface area is 142 Å². The van der Waals surface area contributed by atoms with E-state index in [0.717, 1.165) is 24.1 Å². The summed E-state index contributed by atoms with van der Waals surface area (Å²) in [7, 11) is 0.848. The van der Waals surface area contributed by atoms with Crippen LogP contribution in [0.5, 0.6) is 0 Å². The summed E-state index contributed by atoms with van der Waals surface area (Å²) in [6, 6.07) is 12.5. The molecule has 0 bridgehead atoms. The molecule has 3 nitrogen and oxygen atoms in total. The van der Waals surface area contributed by atoms with E-state index in [9.17, 15) is 0 Å². The van der Waals surface area contributed by atoms with E-state index < -0.39 is 0 Å². The first-order chi connectivity index (χ1) is 11.8. The molecular formula is C20H18BN3. The second-order valence-electron chi connectivity index (χ2n) is 5.39. The molecule has 4 heteroatoms. The van der Waals surface area contributed by atoms with Crippen LogP contribution in [0.15, 0.2) is 97.9 Å². The molecule has 0 amide bonds. The fourth-order valence-corrected chi connectivity index (χ4v) is 2.62. The predicted octanol–water partition coefficient (Wildman–Crippen LogP) is 3.27. The van der Waals surface area contributed by atoms with E-state index >= 15 is 0 Å². The highest BCUT2D eigenvalue weighted by Crippen LogP contribution is 2.20. The number of rotatable bonds is 6. The van der Waals surface area contributed by atoms with Crippen LogP contribution in [-0.4, -0.2) is 21.9 Å². The van der Waals surface area contributed by atoms with Gasteiger partial charge in [-0.05, 0) is 12.1 Å². The van der Waals surface area contributed by atoms with E-state index in [1.54, 1.807) is 18.5 Å². The fraction of sp³-hybridized carbons (Fsp3) is 0. The molecule has 0 saturated carbocycles. The predicted molar refractivity (Wildman–Crippen MR) is 103 cm³/mol. The first-order valence-electron chi connectivity index (χ1n) is 7.80. The number of hydrogen-bond donors (Lipinski definition) is 0. The molecule has 2 heterocycles. The van der Waals surface area contributed by atoms with Crippen LogP contribution in [0.2, 0.25) is 0 Å². The van der Waals surface area contributed by atoms with Gasteiger partial charge in [0.25, 0.3) is 0 Å².